The van der Waals surface area contributed by atoms with E-state index in [0.717, 1.165) is 32.5 Å². The van der Waals surface area contributed by atoms with Gasteiger partial charge < -0.3 is 9.64 Å². The smallest absolute Gasteiger partial charge is 0.0706 e. The summed E-state index contributed by atoms with van der Waals surface area (Å²) in [6, 6.07) is 4.36. The predicted molar refractivity (Wildman–Crippen MR) is 78.5 cm³/mol. The Kier molecular flexibility index (Phi) is 4.58. The summed E-state index contributed by atoms with van der Waals surface area (Å²) in [4.78, 5) is 6.83. The molecule has 2 rings (SSSR count). The number of nitrogens with zero attached hydrogens (tertiary/aromatic N) is 2. The van der Waals surface area contributed by atoms with Gasteiger partial charge in [0, 0.05) is 25.0 Å². The molecule has 1 unspecified atom stereocenters. The Morgan fingerprint density at radius 2 is 2.21 bits per heavy atom. The number of ether oxygens (including phenoxy) is 1. The molecule has 1 saturated heterocycles. The van der Waals surface area contributed by atoms with Gasteiger partial charge in [-0.2, -0.15) is 0 Å². The molecule has 1 aliphatic heterocycles. The van der Waals surface area contributed by atoms with E-state index >= 15 is 0 Å². The third-order valence-electron chi connectivity index (χ3n) is 3.75. The normalized spacial score (nSPS) is 21.6. The number of morpholine rings is 1. The summed E-state index contributed by atoms with van der Waals surface area (Å²) in [6.45, 7) is 9.67. The van der Waals surface area contributed by atoms with E-state index in [9.17, 15) is 0 Å². The maximum Gasteiger partial charge on any atom is 0.0706 e. The molecular formula is C16H26N2O. The van der Waals surface area contributed by atoms with Gasteiger partial charge >= 0.3 is 0 Å². The predicted octanol–water partition coefficient (Wildman–Crippen LogP) is 2.64. The molecule has 1 aromatic heterocycles. The van der Waals surface area contributed by atoms with Crippen LogP contribution in [0.2, 0.25) is 0 Å². The molecule has 0 aliphatic carbocycles. The van der Waals surface area contributed by atoms with Gasteiger partial charge in [-0.25, -0.2) is 0 Å². The highest BCUT2D eigenvalue weighted by Gasteiger charge is 2.18. The Hall–Kier alpha value is -0.930. The topological polar surface area (TPSA) is 25.4 Å². The maximum absolute atomic E-state index is 5.80. The summed E-state index contributed by atoms with van der Waals surface area (Å²) in [5.41, 5.74) is 2.74. The Bertz CT molecular complexity index is 411. The van der Waals surface area contributed by atoms with Crippen LogP contribution in [0.1, 0.15) is 38.4 Å². The van der Waals surface area contributed by atoms with Gasteiger partial charge in [-0.15, -0.1) is 0 Å². The zero-order valence-electron chi connectivity index (χ0n) is 12.6. The van der Waals surface area contributed by atoms with Crippen LogP contribution in [-0.4, -0.2) is 42.7 Å². The fraction of sp³-hybridized carbons (Fsp3) is 0.688. The molecule has 0 radical (unpaired) electrons. The third kappa shape index (κ3) is 4.29. The lowest BCUT2D eigenvalue weighted by atomic mass is 9.87. The molecule has 0 saturated carbocycles. The average molecular weight is 262 g/mol. The minimum atomic E-state index is 0.194. The van der Waals surface area contributed by atoms with E-state index < -0.39 is 0 Å². The highest BCUT2D eigenvalue weighted by Crippen LogP contribution is 2.22. The van der Waals surface area contributed by atoms with Crippen molar-refractivity contribution in [3.05, 3.63) is 29.6 Å². The van der Waals surface area contributed by atoms with Crippen molar-refractivity contribution in [2.24, 2.45) is 0 Å². The van der Waals surface area contributed by atoms with Gasteiger partial charge in [-0.3, -0.25) is 4.98 Å². The molecule has 3 nitrogen and oxygen atoms in total. The third-order valence-corrected chi connectivity index (χ3v) is 3.75. The summed E-state index contributed by atoms with van der Waals surface area (Å²) in [6.07, 6.45) is 4.36. The molecule has 2 heterocycles. The van der Waals surface area contributed by atoms with Gasteiger partial charge in [-0.05, 0) is 43.0 Å². The Morgan fingerprint density at radius 1 is 1.42 bits per heavy atom. The second-order valence-corrected chi connectivity index (χ2v) is 6.58. The molecule has 0 amide bonds. The molecule has 106 valence electrons. The standard InChI is InChI=1S/C16H26N2O/c1-16(2,3)13-7-8-17-14(11-13)5-6-15-12-18(4)9-10-19-15/h7-8,11,15H,5-6,9-10,12H2,1-4H3. The van der Waals surface area contributed by atoms with E-state index in [-0.39, 0.29) is 5.41 Å². The Balaban J connectivity index is 1.92. The number of pyridine rings is 1. The molecule has 1 atom stereocenters. The number of aromatic nitrogens is 1. The molecule has 0 N–H and O–H groups in total. The minimum Gasteiger partial charge on any atom is -0.376 e. The monoisotopic (exact) mass is 262 g/mol. The van der Waals surface area contributed by atoms with Crippen molar-refractivity contribution < 1.29 is 4.74 Å². The molecule has 19 heavy (non-hydrogen) atoms. The Morgan fingerprint density at radius 3 is 2.89 bits per heavy atom. The van der Waals surface area contributed by atoms with Crippen molar-refractivity contribution >= 4 is 0 Å². The number of likely N-dealkylation sites (N-methyl/N-ethyl adjacent to an activating group) is 1. The Labute approximate surface area is 117 Å². The highest BCUT2D eigenvalue weighted by molar-refractivity contribution is 5.23. The van der Waals surface area contributed by atoms with Crippen molar-refractivity contribution in [1.29, 1.82) is 0 Å². The van der Waals surface area contributed by atoms with Crippen LogP contribution in [0.25, 0.3) is 0 Å². The van der Waals surface area contributed by atoms with Gasteiger partial charge in [0.2, 0.25) is 0 Å². The van der Waals surface area contributed by atoms with E-state index in [1.165, 1.54) is 11.3 Å². The second-order valence-electron chi connectivity index (χ2n) is 6.58. The summed E-state index contributed by atoms with van der Waals surface area (Å²) in [5, 5.41) is 0. The van der Waals surface area contributed by atoms with Crippen LogP contribution in [0.15, 0.2) is 18.3 Å². The maximum atomic E-state index is 5.80. The zero-order chi connectivity index (χ0) is 13.9. The fourth-order valence-corrected chi connectivity index (χ4v) is 2.43. The largest absolute Gasteiger partial charge is 0.376 e. The van der Waals surface area contributed by atoms with Gasteiger partial charge in [0.05, 0.1) is 12.7 Å². The first kappa shape index (κ1) is 14.5. The molecule has 0 spiro atoms. The lowest BCUT2D eigenvalue weighted by Gasteiger charge is -2.30. The summed E-state index contributed by atoms with van der Waals surface area (Å²) in [7, 11) is 2.16. The highest BCUT2D eigenvalue weighted by atomic mass is 16.5. The van der Waals surface area contributed by atoms with E-state index in [1.807, 2.05) is 6.20 Å². The number of rotatable bonds is 3. The van der Waals surface area contributed by atoms with Crippen LogP contribution in [-0.2, 0) is 16.6 Å². The van der Waals surface area contributed by atoms with Crippen LogP contribution in [0.4, 0.5) is 0 Å². The first-order chi connectivity index (χ1) is 8.95. The van der Waals surface area contributed by atoms with E-state index in [2.05, 4.69) is 49.8 Å². The number of hydrogen-bond donors (Lipinski definition) is 0. The summed E-state index contributed by atoms with van der Waals surface area (Å²) < 4.78 is 5.80. The van der Waals surface area contributed by atoms with Crippen LogP contribution < -0.4 is 0 Å². The summed E-state index contributed by atoms with van der Waals surface area (Å²) >= 11 is 0. The summed E-state index contributed by atoms with van der Waals surface area (Å²) in [5.74, 6) is 0. The molecule has 1 aliphatic rings. The van der Waals surface area contributed by atoms with Crippen molar-refractivity contribution in [2.75, 3.05) is 26.7 Å². The number of hydrogen-bond acceptors (Lipinski definition) is 3. The zero-order valence-corrected chi connectivity index (χ0v) is 12.6. The van der Waals surface area contributed by atoms with Crippen LogP contribution in [0.3, 0.4) is 0 Å². The SMILES string of the molecule is CN1CCOC(CCc2cc(C(C)(C)C)ccn2)C1. The fourth-order valence-electron chi connectivity index (χ4n) is 2.43. The first-order valence-electron chi connectivity index (χ1n) is 7.21. The van der Waals surface area contributed by atoms with Crippen molar-refractivity contribution in [3.63, 3.8) is 0 Å². The van der Waals surface area contributed by atoms with Crippen LogP contribution >= 0.6 is 0 Å². The van der Waals surface area contributed by atoms with Crippen molar-refractivity contribution in [1.82, 2.24) is 9.88 Å². The van der Waals surface area contributed by atoms with Gasteiger partial charge in [0.15, 0.2) is 0 Å². The van der Waals surface area contributed by atoms with E-state index in [1.54, 1.807) is 0 Å². The van der Waals surface area contributed by atoms with Crippen LogP contribution in [0, 0.1) is 0 Å². The molecule has 0 bridgehead atoms. The first-order valence-corrected chi connectivity index (χ1v) is 7.21. The molecule has 0 aromatic carbocycles. The molecular weight excluding hydrogens is 236 g/mol. The number of aryl methyl sites for hydroxylation is 1. The lowest BCUT2D eigenvalue weighted by Crippen LogP contribution is -2.40. The van der Waals surface area contributed by atoms with E-state index in [0.29, 0.717) is 6.10 Å². The molecule has 1 fully saturated rings. The van der Waals surface area contributed by atoms with Gasteiger partial charge in [0.25, 0.3) is 0 Å². The van der Waals surface area contributed by atoms with Crippen molar-refractivity contribution in [3.8, 4) is 0 Å². The molecule has 1 aromatic rings. The minimum absolute atomic E-state index is 0.194. The van der Waals surface area contributed by atoms with Gasteiger partial charge in [-0.1, -0.05) is 20.8 Å². The van der Waals surface area contributed by atoms with Crippen molar-refractivity contribution in [2.45, 2.75) is 45.1 Å². The quantitative estimate of drug-likeness (QED) is 0.837. The second kappa shape index (κ2) is 6.02. The van der Waals surface area contributed by atoms with Crippen LogP contribution in [0.5, 0.6) is 0 Å². The lowest BCUT2D eigenvalue weighted by molar-refractivity contribution is -0.0230. The molecule has 3 heteroatoms. The average Bonchev–Trinajstić information content (AvgIpc) is 2.36. The van der Waals surface area contributed by atoms with E-state index in [4.69, 9.17) is 4.74 Å². The van der Waals surface area contributed by atoms with Gasteiger partial charge in [0.1, 0.15) is 0 Å².